The second kappa shape index (κ2) is 13.0. The minimum Gasteiger partial charge on any atom is -0.481 e. The van der Waals surface area contributed by atoms with Crippen molar-refractivity contribution in [3.05, 3.63) is 24.3 Å². The first-order chi connectivity index (χ1) is 8.27. The fourth-order valence-electron chi connectivity index (χ4n) is 1.58. The number of carboxylic acids is 1. The van der Waals surface area contributed by atoms with Crippen molar-refractivity contribution in [2.24, 2.45) is 0 Å². The Kier molecular flexibility index (Phi) is 12.2. The predicted octanol–water partition coefficient (Wildman–Crippen LogP) is 4.71. The minimum atomic E-state index is -0.674. The van der Waals surface area contributed by atoms with Gasteiger partial charge in [0.2, 0.25) is 0 Å². The zero-order valence-corrected chi connectivity index (χ0v) is 11.0. The van der Waals surface area contributed by atoms with Crippen molar-refractivity contribution >= 4 is 5.97 Å². The van der Waals surface area contributed by atoms with E-state index in [-0.39, 0.29) is 0 Å². The van der Waals surface area contributed by atoms with E-state index < -0.39 is 5.97 Å². The maximum atomic E-state index is 10.3. The van der Waals surface area contributed by atoms with Crippen LogP contribution >= 0.6 is 0 Å². The molecule has 0 heterocycles. The van der Waals surface area contributed by atoms with E-state index in [1.807, 2.05) is 0 Å². The Morgan fingerprint density at radius 1 is 0.941 bits per heavy atom. The summed E-state index contributed by atoms with van der Waals surface area (Å²) in [5.74, 6) is -0.674. The lowest BCUT2D eigenvalue weighted by atomic mass is 10.1. The van der Waals surface area contributed by atoms with E-state index in [0.29, 0.717) is 6.42 Å². The van der Waals surface area contributed by atoms with Gasteiger partial charge in [0.1, 0.15) is 0 Å². The number of hydrogen-bond acceptors (Lipinski definition) is 1. The van der Waals surface area contributed by atoms with Gasteiger partial charge in [-0.1, -0.05) is 56.9 Å². The molecule has 0 unspecified atom stereocenters. The van der Waals surface area contributed by atoms with Crippen LogP contribution in [-0.4, -0.2) is 11.1 Å². The monoisotopic (exact) mass is 238 g/mol. The number of carbonyl (C=O) groups is 1. The molecule has 0 saturated carbocycles. The van der Waals surface area contributed by atoms with E-state index in [0.717, 1.165) is 32.1 Å². The van der Waals surface area contributed by atoms with Gasteiger partial charge >= 0.3 is 5.97 Å². The molecule has 2 nitrogen and oxygen atoms in total. The van der Waals surface area contributed by atoms with Gasteiger partial charge in [-0.2, -0.15) is 0 Å². The first-order valence-corrected chi connectivity index (χ1v) is 6.80. The highest BCUT2D eigenvalue weighted by molar-refractivity contribution is 5.66. The smallest absolute Gasteiger partial charge is 0.303 e. The molecule has 0 rings (SSSR count). The molecular weight excluding hydrogens is 212 g/mol. The van der Waals surface area contributed by atoms with Gasteiger partial charge in [0.25, 0.3) is 0 Å². The Bertz CT molecular complexity index is 229. The van der Waals surface area contributed by atoms with Crippen LogP contribution in [0.25, 0.3) is 0 Å². The molecule has 0 amide bonds. The lowest BCUT2D eigenvalue weighted by molar-refractivity contribution is -0.137. The number of hydrogen-bond donors (Lipinski definition) is 1. The van der Waals surface area contributed by atoms with Crippen LogP contribution in [0.1, 0.15) is 64.7 Å². The molecule has 0 radical (unpaired) electrons. The largest absolute Gasteiger partial charge is 0.481 e. The van der Waals surface area contributed by atoms with Crippen LogP contribution in [0.15, 0.2) is 24.3 Å². The highest BCUT2D eigenvalue weighted by Crippen LogP contribution is 2.07. The van der Waals surface area contributed by atoms with Gasteiger partial charge in [0.05, 0.1) is 0 Å². The third-order valence-electron chi connectivity index (χ3n) is 2.60. The summed E-state index contributed by atoms with van der Waals surface area (Å²) in [6, 6.07) is 0. The molecule has 0 aromatic rings. The summed E-state index contributed by atoms with van der Waals surface area (Å²) in [5.41, 5.74) is 0. The summed E-state index contributed by atoms with van der Waals surface area (Å²) < 4.78 is 0. The summed E-state index contributed by atoms with van der Waals surface area (Å²) in [6.45, 7) is 2.18. The molecule has 0 fully saturated rings. The van der Waals surface area contributed by atoms with E-state index in [1.54, 1.807) is 0 Å². The topological polar surface area (TPSA) is 37.3 Å². The molecule has 0 bridgehead atoms. The van der Waals surface area contributed by atoms with Crippen molar-refractivity contribution in [3.8, 4) is 0 Å². The van der Waals surface area contributed by atoms with E-state index in [1.165, 1.54) is 19.3 Å². The quantitative estimate of drug-likeness (QED) is 0.418. The molecule has 0 atom stereocenters. The summed E-state index contributed by atoms with van der Waals surface area (Å²) in [5, 5.41) is 8.46. The normalized spacial score (nSPS) is 11.6. The summed E-state index contributed by atoms with van der Waals surface area (Å²) >= 11 is 0. The van der Waals surface area contributed by atoms with Gasteiger partial charge < -0.3 is 5.11 Å². The average molecular weight is 238 g/mol. The standard InChI is InChI=1S/C15H26O2/c1-2-3-4-5-6-7-8-9-10-11-12-13-14-15(16)17/h4-7H,2-3,8-14H2,1H3,(H,16,17). The van der Waals surface area contributed by atoms with Gasteiger partial charge in [0, 0.05) is 6.42 Å². The first-order valence-electron chi connectivity index (χ1n) is 6.80. The molecule has 0 saturated heterocycles. The fourth-order valence-corrected chi connectivity index (χ4v) is 1.58. The zero-order chi connectivity index (χ0) is 12.8. The zero-order valence-electron chi connectivity index (χ0n) is 11.0. The van der Waals surface area contributed by atoms with Crippen LogP contribution in [0, 0.1) is 0 Å². The Morgan fingerprint density at radius 2 is 1.53 bits per heavy atom. The number of unbranched alkanes of at least 4 members (excludes halogenated alkanes) is 6. The lowest BCUT2D eigenvalue weighted by Gasteiger charge is -1.97. The molecule has 0 aromatic carbocycles. The van der Waals surface area contributed by atoms with Crippen molar-refractivity contribution in [1.82, 2.24) is 0 Å². The molecule has 0 aromatic heterocycles. The van der Waals surface area contributed by atoms with Gasteiger partial charge in [-0.3, -0.25) is 4.79 Å². The second-order valence-electron chi connectivity index (χ2n) is 4.35. The summed E-state index contributed by atoms with van der Waals surface area (Å²) in [7, 11) is 0. The Morgan fingerprint density at radius 3 is 2.18 bits per heavy atom. The minimum absolute atomic E-state index is 0.322. The van der Waals surface area contributed by atoms with Crippen molar-refractivity contribution in [1.29, 1.82) is 0 Å². The predicted molar refractivity (Wildman–Crippen MR) is 73.1 cm³/mol. The Hall–Kier alpha value is -1.05. The number of aliphatic carboxylic acids is 1. The van der Waals surface area contributed by atoms with Gasteiger partial charge in [-0.15, -0.1) is 0 Å². The maximum Gasteiger partial charge on any atom is 0.303 e. The molecule has 98 valence electrons. The Labute approximate surface area is 105 Å². The van der Waals surface area contributed by atoms with Gasteiger partial charge in [0.15, 0.2) is 0 Å². The molecule has 0 aliphatic carbocycles. The van der Waals surface area contributed by atoms with Crippen LogP contribution in [0.5, 0.6) is 0 Å². The highest BCUT2D eigenvalue weighted by Gasteiger charge is 1.95. The van der Waals surface area contributed by atoms with Crippen LogP contribution < -0.4 is 0 Å². The molecule has 17 heavy (non-hydrogen) atoms. The van der Waals surface area contributed by atoms with Crippen LogP contribution in [0.3, 0.4) is 0 Å². The third-order valence-corrected chi connectivity index (χ3v) is 2.60. The highest BCUT2D eigenvalue weighted by atomic mass is 16.4. The third kappa shape index (κ3) is 14.9. The number of carboxylic acid groups (broad SMARTS) is 1. The van der Waals surface area contributed by atoms with E-state index in [2.05, 4.69) is 31.2 Å². The van der Waals surface area contributed by atoms with Crippen LogP contribution in [0.4, 0.5) is 0 Å². The van der Waals surface area contributed by atoms with Crippen molar-refractivity contribution < 1.29 is 9.90 Å². The maximum absolute atomic E-state index is 10.3. The molecule has 0 spiro atoms. The Balaban J connectivity index is 3.15. The van der Waals surface area contributed by atoms with Crippen LogP contribution in [0.2, 0.25) is 0 Å². The first kappa shape index (κ1) is 16.0. The van der Waals surface area contributed by atoms with E-state index in [4.69, 9.17) is 5.11 Å². The summed E-state index contributed by atoms with van der Waals surface area (Å²) in [6.07, 6.45) is 17.9. The molecular formula is C15H26O2. The van der Waals surface area contributed by atoms with Crippen molar-refractivity contribution in [2.45, 2.75) is 64.7 Å². The van der Waals surface area contributed by atoms with Crippen LogP contribution in [-0.2, 0) is 4.79 Å². The van der Waals surface area contributed by atoms with Crippen molar-refractivity contribution in [2.75, 3.05) is 0 Å². The van der Waals surface area contributed by atoms with Gasteiger partial charge in [-0.25, -0.2) is 0 Å². The second-order valence-corrected chi connectivity index (χ2v) is 4.35. The summed E-state index contributed by atoms with van der Waals surface area (Å²) in [4.78, 5) is 10.3. The molecule has 2 heteroatoms. The number of allylic oxidation sites excluding steroid dienone is 4. The SMILES string of the molecule is CCCC=CC=CCCCCCCCC(=O)O. The van der Waals surface area contributed by atoms with E-state index >= 15 is 0 Å². The fraction of sp³-hybridized carbons (Fsp3) is 0.667. The molecule has 0 aliphatic rings. The molecule has 1 N–H and O–H groups in total. The lowest BCUT2D eigenvalue weighted by Crippen LogP contribution is -1.93. The van der Waals surface area contributed by atoms with E-state index in [9.17, 15) is 4.79 Å². The van der Waals surface area contributed by atoms with Gasteiger partial charge in [-0.05, 0) is 25.7 Å². The molecule has 0 aliphatic heterocycles. The average Bonchev–Trinajstić information content (AvgIpc) is 2.30. The van der Waals surface area contributed by atoms with Crippen molar-refractivity contribution in [3.63, 3.8) is 0 Å². The number of rotatable bonds is 11.